The summed E-state index contributed by atoms with van der Waals surface area (Å²) in [4.78, 5) is 5.08. The summed E-state index contributed by atoms with van der Waals surface area (Å²) in [6, 6.07) is 9.01. The fourth-order valence-electron chi connectivity index (χ4n) is 3.02. The number of hydrogen-bond donors (Lipinski definition) is 1. The Kier molecular flexibility index (Phi) is 5.95. The number of rotatable bonds is 6. The lowest BCUT2D eigenvalue weighted by atomic mass is 10.1. The van der Waals surface area contributed by atoms with Crippen molar-refractivity contribution in [3.05, 3.63) is 64.7 Å². The zero-order chi connectivity index (χ0) is 20.3. The maximum absolute atomic E-state index is 12.7. The number of hydrogen-bond acceptors (Lipinski definition) is 3. The molecule has 148 valence electrons. The van der Waals surface area contributed by atoms with Crippen LogP contribution in [0.25, 0.3) is 11.4 Å². The zero-order valence-electron chi connectivity index (χ0n) is 15.6. The number of halogens is 3. The van der Waals surface area contributed by atoms with Crippen molar-refractivity contribution in [3.63, 3.8) is 0 Å². The van der Waals surface area contributed by atoms with Crippen molar-refractivity contribution in [2.75, 3.05) is 7.05 Å². The monoisotopic (exact) mass is 408 g/mol. The largest absolute Gasteiger partial charge is 0.416 e. The summed E-state index contributed by atoms with van der Waals surface area (Å²) in [5.41, 5.74) is 1.11. The van der Waals surface area contributed by atoms with E-state index >= 15 is 0 Å². The molecule has 28 heavy (non-hydrogen) atoms. The first-order valence-electron chi connectivity index (χ1n) is 8.85. The van der Waals surface area contributed by atoms with Gasteiger partial charge in [0, 0.05) is 30.1 Å². The van der Waals surface area contributed by atoms with E-state index < -0.39 is 11.7 Å². The molecular weight excluding hydrogens is 387 g/mol. The van der Waals surface area contributed by atoms with Crippen LogP contribution in [0.5, 0.6) is 0 Å². The summed E-state index contributed by atoms with van der Waals surface area (Å²) in [5.74, 6) is 0.775. The van der Waals surface area contributed by atoms with Gasteiger partial charge in [-0.3, -0.25) is 4.98 Å². The van der Waals surface area contributed by atoms with Crippen molar-refractivity contribution in [2.45, 2.75) is 32.9 Å². The minimum Gasteiger partial charge on any atom is -0.315 e. The Morgan fingerprint density at radius 3 is 2.29 bits per heavy atom. The lowest BCUT2D eigenvalue weighted by Gasteiger charge is -2.14. The normalized spacial score (nSPS) is 12.9. The van der Waals surface area contributed by atoms with Gasteiger partial charge in [-0.2, -0.15) is 17.9 Å². The first kappa shape index (κ1) is 20.2. The third-order valence-corrected chi connectivity index (χ3v) is 4.82. The Hall–Kier alpha value is -2.52. The Balaban J connectivity index is 1.76. The molecule has 2 heterocycles. The van der Waals surface area contributed by atoms with Crippen molar-refractivity contribution in [1.82, 2.24) is 19.3 Å². The highest BCUT2D eigenvalue weighted by Gasteiger charge is 2.30. The highest BCUT2D eigenvalue weighted by Crippen LogP contribution is 2.29. The van der Waals surface area contributed by atoms with Crippen molar-refractivity contribution in [3.8, 4) is 11.4 Å². The summed E-state index contributed by atoms with van der Waals surface area (Å²) in [6.45, 7) is 3.76. The number of quaternary nitrogens is 1. The van der Waals surface area contributed by atoms with E-state index in [1.54, 1.807) is 17.1 Å². The first-order chi connectivity index (χ1) is 13.3. The number of benzene rings is 1. The number of aromatic nitrogens is 4. The molecule has 0 bridgehead atoms. The fourth-order valence-corrected chi connectivity index (χ4v) is 3.34. The molecular formula is C19H21F3N5S+. The average Bonchev–Trinajstić information content (AvgIpc) is 2.97. The van der Waals surface area contributed by atoms with Crippen LogP contribution in [-0.2, 0) is 25.9 Å². The van der Waals surface area contributed by atoms with Crippen molar-refractivity contribution in [2.24, 2.45) is 0 Å². The zero-order valence-corrected chi connectivity index (χ0v) is 16.4. The standard InChI is InChI=1S/C19H20F3N5S/c1-3-26-17(15-8-10-23-11-9-15)24-27(18(26)28)13-25(2)12-14-4-6-16(7-5-14)19(20,21)22/h4-11H,3,12-13H2,1-2H3/p+1. The summed E-state index contributed by atoms with van der Waals surface area (Å²) < 4.78 is 42.4. The van der Waals surface area contributed by atoms with E-state index in [0.717, 1.165) is 34.0 Å². The van der Waals surface area contributed by atoms with Gasteiger partial charge in [0.05, 0.1) is 12.6 Å². The van der Waals surface area contributed by atoms with E-state index in [-0.39, 0.29) is 0 Å². The van der Waals surface area contributed by atoms with E-state index in [4.69, 9.17) is 12.2 Å². The van der Waals surface area contributed by atoms with Crippen LogP contribution in [0.1, 0.15) is 18.1 Å². The third-order valence-electron chi connectivity index (χ3n) is 4.38. The number of alkyl halides is 3. The van der Waals surface area contributed by atoms with Gasteiger partial charge in [-0.15, -0.1) is 5.10 Å². The molecule has 0 fully saturated rings. The highest BCUT2D eigenvalue weighted by atomic mass is 32.1. The molecule has 1 N–H and O–H groups in total. The molecule has 0 saturated heterocycles. The van der Waals surface area contributed by atoms with Gasteiger partial charge in [0.2, 0.25) is 4.77 Å². The van der Waals surface area contributed by atoms with Crippen molar-refractivity contribution in [1.29, 1.82) is 0 Å². The third kappa shape index (κ3) is 4.48. The molecule has 5 nitrogen and oxygen atoms in total. The predicted molar refractivity (Wildman–Crippen MR) is 102 cm³/mol. The number of nitrogens with zero attached hydrogens (tertiary/aromatic N) is 4. The molecule has 0 radical (unpaired) electrons. The lowest BCUT2D eigenvalue weighted by molar-refractivity contribution is -0.917. The van der Waals surface area contributed by atoms with Crippen LogP contribution in [0.3, 0.4) is 0 Å². The van der Waals surface area contributed by atoms with Crippen LogP contribution in [0.15, 0.2) is 48.8 Å². The summed E-state index contributed by atoms with van der Waals surface area (Å²) in [6.07, 6.45) is -0.903. The smallest absolute Gasteiger partial charge is 0.315 e. The minimum absolute atomic E-state index is 0.505. The molecule has 3 rings (SSSR count). The topological polar surface area (TPSA) is 40.1 Å². The van der Waals surface area contributed by atoms with E-state index in [9.17, 15) is 13.2 Å². The van der Waals surface area contributed by atoms with Crippen LogP contribution in [0.2, 0.25) is 0 Å². The Labute approximate surface area is 166 Å². The van der Waals surface area contributed by atoms with Gasteiger partial charge < -0.3 is 9.47 Å². The second-order valence-corrected chi connectivity index (χ2v) is 6.94. The molecule has 1 atom stereocenters. The molecule has 2 aromatic heterocycles. The number of pyridine rings is 1. The molecule has 0 aliphatic rings. The van der Waals surface area contributed by atoms with Crippen LogP contribution in [-0.4, -0.2) is 26.4 Å². The Bertz CT molecular complexity index is 978. The predicted octanol–water partition coefficient (Wildman–Crippen LogP) is 3.19. The second kappa shape index (κ2) is 8.24. The van der Waals surface area contributed by atoms with Gasteiger partial charge in [0.15, 0.2) is 12.5 Å². The van der Waals surface area contributed by atoms with Gasteiger partial charge in [-0.25, -0.2) is 0 Å². The summed E-state index contributed by atoms with van der Waals surface area (Å²) in [7, 11) is 1.95. The fraction of sp³-hybridized carbons (Fsp3) is 0.316. The average molecular weight is 408 g/mol. The van der Waals surface area contributed by atoms with Gasteiger partial charge in [0.1, 0.15) is 6.54 Å². The maximum atomic E-state index is 12.7. The Morgan fingerprint density at radius 1 is 1.07 bits per heavy atom. The van der Waals surface area contributed by atoms with E-state index in [1.807, 2.05) is 30.7 Å². The van der Waals surface area contributed by atoms with E-state index in [1.165, 1.54) is 12.1 Å². The summed E-state index contributed by atoms with van der Waals surface area (Å²) >= 11 is 5.56. The first-order valence-corrected chi connectivity index (χ1v) is 9.26. The Morgan fingerprint density at radius 2 is 1.71 bits per heavy atom. The molecule has 9 heteroatoms. The van der Waals surface area contributed by atoms with Crippen molar-refractivity contribution < 1.29 is 18.1 Å². The van der Waals surface area contributed by atoms with Crippen LogP contribution in [0.4, 0.5) is 13.2 Å². The summed E-state index contributed by atoms with van der Waals surface area (Å²) in [5, 5.41) is 4.66. The van der Waals surface area contributed by atoms with Crippen LogP contribution in [0, 0.1) is 4.77 Å². The van der Waals surface area contributed by atoms with E-state index in [0.29, 0.717) is 24.5 Å². The van der Waals surface area contributed by atoms with Crippen LogP contribution >= 0.6 is 12.2 Å². The van der Waals surface area contributed by atoms with Gasteiger partial charge >= 0.3 is 6.18 Å². The van der Waals surface area contributed by atoms with Gasteiger partial charge in [0.25, 0.3) is 0 Å². The molecule has 0 amide bonds. The molecule has 1 unspecified atom stereocenters. The minimum atomic E-state index is -4.32. The second-order valence-electron chi connectivity index (χ2n) is 6.57. The molecule has 3 aromatic rings. The highest BCUT2D eigenvalue weighted by molar-refractivity contribution is 7.71. The van der Waals surface area contributed by atoms with E-state index in [2.05, 4.69) is 10.1 Å². The SMILES string of the molecule is CCn1c(-c2ccncc2)nn(C[NH+](C)Cc2ccc(C(F)(F)F)cc2)c1=S. The van der Waals surface area contributed by atoms with Gasteiger partial charge in [-0.05, 0) is 43.4 Å². The molecule has 0 aliphatic carbocycles. The molecule has 0 aliphatic heterocycles. The number of nitrogens with one attached hydrogen (secondary N) is 1. The van der Waals surface area contributed by atoms with Crippen LogP contribution < -0.4 is 4.90 Å². The quantitative estimate of drug-likeness (QED) is 0.637. The molecule has 1 aromatic carbocycles. The van der Waals surface area contributed by atoms with Gasteiger partial charge in [-0.1, -0.05) is 12.1 Å². The maximum Gasteiger partial charge on any atom is 0.416 e. The van der Waals surface area contributed by atoms with Crippen molar-refractivity contribution >= 4 is 12.2 Å². The molecule has 0 spiro atoms. The lowest BCUT2D eigenvalue weighted by Crippen LogP contribution is -3.07. The molecule has 0 saturated carbocycles.